The van der Waals surface area contributed by atoms with Crippen LogP contribution in [0.15, 0.2) is 91.0 Å². The van der Waals surface area contributed by atoms with E-state index in [-0.39, 0.29) is 17.6 Å². The summed E-state index contributed by atoms with van der Waals surface area (Å²) in [4.78, 5) is 38.0. The van der Waals surface area contributed by atoms with Gasteiger partial charge >= 0.3 is 5.91 Å². The van der Waals surface area contributed by atoms with Gasteiger partial charge in [-0.25, -0.2) is 4.79 Å². The number of nitrogens with one attached hydrogen (secondary N) is 2. The summed E-state index contributed by atoms with van der Waals surface area (Å²) in [6, 6.07) is 26.1. The van der Waals surface area contributed by atoms with Crippen molar-refractivity contribution in [3.05, 3.63) is 129 Å². The topological polar surface area (TPSA) is 129 Å². The lowest BCUT2D eigenvalue weighted by Crippen LogP contribution is -3.06. The molecule has 1 heterocycles. The van der Waals surface area contributed by atoms with E-state index in [0.29, 0.717) is 36.6 Å². The van der Waals surface area contributed by atoms with Crippen molar-refractivity contribution in [2.24, 2.45) is 0 Å². The lowest BCUT2D eigenvalue weighted by Gasteiger charge is -2.31. The SMILES string of the molecule is C[C@H](NC(=O)c1ccc2c(c1)OCCN2Cc1ccc(-c2ccccc2C(=O)[NH+](C)[O-])cc1)c1ccc([N+](=O)[O-])cc1. The second-order valence-electron chi connectivity index (χ2n) is 10.1. The Kier molecular flexibility index (Phi) is 8.28. The maximum atomic E-state index is 13.0. The number of nitro groups is 1. The molecule has 1 aliphatic heterocycles. The fourth-order valence-corrected chi connectivity index (χ4v) is 4.96. The fourth-order valence-electron chi connectivity index (χ4n) is 4.96. The first kappa shape index (κ1) is 28.5. The van der Waals surface area contributed by atoms with Crippen LogP contribution in [0.3, 0.4) is 0 Å². The van der Waals surface area contributed by atoms with E-state index in [1.54, 1.807) is 36.4 Å². The third-order valence-electron chi connectivity index (χ3n) is 7.26. The van der Waals surface area contributed by atoms with Gasteiger partial charge in [-0.2, -0.15) is 0 Å². The highest BCUT2D eigenvalue weighted by molar-refractivity contribution is 5.96. The molecule has 0 spiro atoms. The summed E-state index contributed by atoms with van der Waals surface area (Å²) < 4.78 is 5.89. The molecule has 2 atom stereocenters. The second-order valence-corrected chi connectivity index (χ2v) is 10.1. The molecule has 1 aliphatic rings. The fraction of sp³-hybridized carbons (Fsp3) is 0.188. The van der Waals surface area contributed by atoms with Crippen molar-refractivity contribution in [3.63, 3.8) is 0 Å². The third-order valence-corrected chi connectivity index (χ3v) is 7.26. The summed E-state index contributed by atoms with van der Waals surface area (Å²) in [6.07, 6.45) is 0. The Hall–Kier alpha value is -5.06. The number of ether oxygens (including phenoxy) is 1. The number of amides is 2. The van der Waals surface area contributed by atoms with Gasteiger partial charge in [0.25, 0.3) is 11.6 Å². The Labute approximate surface area is 242 Å². The molecule has 0 radical (unpaired) electrons. The van der Waals surface area contributed by atoms with Crippen molar-refractivity contribution >= 4 is 23.2 Å². The summed E-state index contributed by atoms with van der Waals surface area (Å²) in [6.45, 7) is 3.58. The molecule has 10 heteroatoms. The van der Waals surface area contributed by atoms with E-state index in [0.717, 1.165) is 27.9 Å². The van der Waals surface area contributed by atoms with Gasteiger partial charge in [0, 0.05) is 24.2 Å². The number of anilines is 1. The number of rotatable bonds is 8. The van der Waals surface area contributed by atoms with E-state index in [4.69, 9.17) is 4.74 Å². The largest absolute Gasteiger partial charge is 0.627 e. The van der Waals surface area contributed by atoms with Crippen molar-refractivity contribution in [2.75, 3.05) is 25.1 Å². The summed E-state index contributed by atoms with van der Waals surface area (Å²) in [5.74, 6) is -0.165. The van der Waals surface area contributed by atoms with Gasteiger partial charge in [0.2, 0.25) is 0 Å². The van der Waals surface area contributed by atoms with Crippen LogP contribution in [-0.2, 0) is 6.54 Å². The van der Waals surface area contributed by atoms with Crippen LogP contribution in [0.4, 0.5) is 11.4 Å². The standard InChI is InChI=1S/C32H30N4O6/c1-21(23-11-14-26(15-12-23)36(40)41)33-31(37)25-13-16-29-30(19-25)42-18-17-35(29)20-22-7-9-24(10-8-22)27-5-3-4-6-28(27)32(38)34(2)39/h3-16,19,21,34H,17-18,20H2,1-2H3,(H,33,37)/t21-/m0/s1. The van der Waals surface area contributed by atoms with Crippen molar-refractivity contribution in [1.29, 1.82) is 0 Å². The van der Waals surface area contributed by atoms with Gasteiger partial charge in [0.1, 0.15) is 12.4 Å². The van der Waals surface area contributed by atoms with Crippen molar-refractivity contribution in [3.8, 4) is 16.9 Å². The minimum Gasteiger partial charge on any atom is -0.627 e. The number of hydrogen-bond donors (Lipinski definition) is 2. The molecule has 0 saturated carbocycles. The second kappa shape index (κ2) is 12.2. The Balaban J connectivity index is 1.27. The zero-order valence-corrected chi connectivity index (χ0v) is 23.2. The molecule has 0 aromatic heterocycles. The molecule has 0 saturated heterocycles. The molecule has 10 nitrogen and oxygen atoms in total. The average Bonchev–Trinajstić information content (AvgIpc) is 3.01. The zero-order valence-electron chi connectivity index (χ0n) is 23.2. The maximum absolute atomic E-state index is 13.0. The summed E-state index contributed by atoms with van der Waals surface area (Å²) in [7, 11) is 1.28. The molecular formula is C32H30N4O6. The molecule has 4 aromatic rings. The van der Waals surface area contributed by atoms with Gasteiger partial charge in [0.05, 0.1) is 35.8 Å². The number of carbonyl (C=O) groups is 2. The Bertz CT molecular complexity index is 1620. The van der Waals surface area contributed by atoms with Crippen LogP contribution >= 0.6 is 0 Å². The van der Waals surface area contributed by atoms with E-state index in [2.05, 4.69) is 10.2 Å². The van der Waals surface area contributed by atoms with Gasteiger partial charge in [-0.3, -0.25) is 14.9 Å². The highest BCUT2D eigenvalue weighted by Crippen LogP contribution is 2.34. The minimum atomic E-state index is -0.506. The van der Waals surface area contributed by atoms with E-state index >= 15 is 0 Å². The number of hydroxylamine groups is 2. The molecule has 214 valence electrons. The first-order valence-corrected chi connectivity index (χ1v) is 13.5. The number of carbonyl (C=O) groups excluding carboxylic acids is 2. The predicted molar refractivity (Wildman–Crippen MR) is 158 cm³/mol. The van der Waals surface area contributed by atoms with E-state index in [1.807, 2.05) is 49.4 Å². The molecule has 0 fully saturated rings. The van der Waals surface area contributed by atoms with Gasteiger partial charge in [-0.15, -0.1) is 0 Å². The highest BCUT2D eigenvalue weighted by Gasteiger charge is 2.22. The van der Waals surface area contributed by atoms with Gasteiger partial charge in [0.15, 0.2) is 0 Å². The molecule has 0 bridgehead atoms. The Morgan fingerprint density at radius 1 is 1.02 bits per heavy atom. The quantitative estimate of drug-likeness (QED) is 0.240. The van der Waals surface area contributed by atoms with Crippen LogP contribution < -0.4 is 20.0 Å². The van der Waals surface area contributed by atoms with Gasteiger partial charge in [-0.1, -0.05) is 54.6 Å². The van der Waals surface area contributed by atoms with Gasteiger partial charge in [-0.05, 0) is 53.4 Å². The molecule has 1 unspecified atom stereocenters. The molecular weight excluding hydrogens is 536 g/mol. The predicted octanol–water partition coefficient (Wildman–Crippen LogP) is 4.30. The normalized spacial score (nSPS) is 13.8. The van der Waals surface area contributed by atoms with Crippen LogP contribution in [0.5, 0.6) is 5.75 Å². The Morgan fingerprint density at radius 3 is 2.43 bits per heavy atom. The average molecular weight is 567 g/mol. The number of hydrogen-bond acceptors (Lipinski definition) is 7. The number of quaternary nitrogens is 1. The molecule has 42 heavy (non-hydrogen) atoms. The monoisotopic (exact) mass is 566 g/mol. The Morgan fingerprint density at radius 2 is 1.74 bits per heavy atom. The van der Waals surface area contributed by atoms with Gasteiger partial charge < -0.3 is 25.2 Å². The lowest BCUT2D eigenvalue weighted by atomic mass is 9.98. The lowest BCUT2D eigenvalue weighted by molar-refractivity contribution is -0.732. The number of nitro benzene ring substituents is 1. The smallest absolute Gasteiger partial charge is 0.344 e. The van der Waals surface area contributed by atoms with E-state index in [1.165, 1.54) is 19.2 Å². The van der Waals surface area contributed by atoms with Crippen LogP contribution in [-0.4, -0.2) is 36.9 Å². The van der Waals surface area contributed by atoms with E-state index in [9.17, 15) is 24.9 Å². The van der Waals surface area contributed by atoms with Crippen LogP contribution in [0.1, 0.15) is 44.8 Å². The molecule has 4 aromatic carbocycles. The number of benzene rings is 4. The molecule has 5 rings (SSSR count). The summed E-state index contributed by atoms with van der Waals surface area (Å²) in [5.41, 5.74) is 5.10. The highest BCUT2D eigenvalue weighted by atomic mass is 16.6. The van der Waals surface area contributed by atoms with E-state index < -0.39 is 15.9 Å². The van der Waals surface area contributed by atoms with Crippen LogP contribution in [0.2, 0.25) is 0 Å². The molecule has 2 N–H and O–H groups in total. The van der Waals surface area contributed by atoms with Crippen molar-refractivity contribution < 1.29 is 24.3 Å². The first-order chi connectivity index (χ1) is 20.2. The summed E-state index contributed by atoms with van der Waals surface area (Å²) in [5, 5.41) is 25.0. The van der Waals surface area contributed by atoms with Crippen LogP contribution in [0, 0.1) is 15.3 Å². The maximum Gasteiger partial charge on any atom is 0.344 e. The summed E-state index contributed by atoms with van der Waals surface area (Å²) >= 11 is 0. The van der Waals surface area contributed by atoms with Crippen molar-refractivity contribution in [2.45, 2.75) is 19.5 Å². The first-order valence-electron chi connectivity index (χ1n) is 13.5. The number of non-ortho nitro benzene ring substituents is 1. The minimum absolute atomic E-state index is 0.00362. The van der Waals surface area contributed by atoms with Crippen molar-refractivity contribution in [1.82, 2.24) is 5.32 Å². The number of nitrogens with zero attached hydrogens (tertiary/aromatic N) is 2. The number of fused-ring (bicyclic) bond motifs is 1. The molecule has 2 amide bonds. The third kappa shape index (κ3) is 6.14. The van der Waals surface area contributed by atoms with Crippen LogP contribution in [0.25, 0.3) is 11.1 Å². The molecule has 0 aliphatic carbocycles. The zero-order chi connectivity index (χ0) is 29.8.